The van der Waals surface area contributed by atoms with Crippen LogP contribution >= 0.6 is 0 Å². The molecule has 2 aromatic carbocycles. The molecular formula is C14H12N4O5. The first-order valence-corrected chi connectivity index (χ1v) is 6.05. The Bertz CT molecular complexity index is 899. The van der Waals surface area contributed by atoms with Crippen molar-refractivity contribution in [3.63, 3.8) is 0 Å². The lowest BCUT2D eigenvalue weighted by molar-refractivity contribution is 0.0948. The fourth-order valence-electron chi connectivity index (χ4n) is 1.72. The third kappa shape index (κ3) is 3.67. The molecule has 1 heterocycles. The van der Waals surface area contributed by atoms with Gasteiger partial charge in [-0.05, 0) is 0 Å². The molecule has 0 bridgehead atoms. The SMILES string of the molecule is NNC(=O)c1cnccn1.O.O=c1c(=O)c2ccccc2c1=O. The normalized spacial score (nSPS) is 9.43. The monoisotopic (exact) mass is 316 g/mol. The van der Waals surface area contributed by atoms with Crippen molar-refractivity contribution in [3.05, 3.63) is 79.2 Å². The molecular weight excluding hydrogens is 304 g/mol. The Morgan fingerprint density at radius 1 is 0.957 bits per heavy atom. The maximum atomic E-state index is 11.0. The van der Waals surface area contributed by atoms with Crippen molar-refractivity contribution in [3.8, 4) is 0 Å². The number of rotatable bonds is 1. The Balaban J connectivity index is 0.000000224. The number of carbonyl (C=O) groups is 1. The second-order valence-corrected chi connectivity index (χ2v) is 4.10. The van der Waals surface area contributed by atoms with Crippen LogP contribution in [0.15, 0.2) is 57.2 Å². The van der Waals surface area contributed by atoms with Crippen LogP contribution in [0.3, 0.4) is 0 Å². The zero-order valence-electron chi connectivity index (χ0n) is 11.6. The van der Waals surface area contributed by atoms with E-state index in [9.17, 15) is 19.2 Å². The highest BCUT2D eigenvalue weighted by molar-refractivity contribution is 5.91. The van der Waals surface area contributed by atoms with Gasteiger partial charge in [-0.15, -0.1) is 0 Å². The number of amides is 1. The first kappa shape index (κ1) is 17.8. The number of carbonyl (C=O) groups excluding carboxylic acids is 1. The van der Waals surface area contributed by atoms with E-state index in [1.165, 1.54) is 30.7 Å². The summed E-state index contributed by atoms with van der Waals surface area (Å²) in [6.07, 6.45) is 4.24. The predicted molar refractivity (Wildman–Crippen MR) is 82.4 cm³/mol. The lowest BCUT2D eigenvalue weighted by atomic mass is 10.2. The van der Waals surface area contributed by atoms with Gasteiger partial charge in [0.1, 0.15) is 5.69 Å². The van der Waals surface area contributed by atoms with Crippen LogP contribution in [0, 0.1) is 0 Å². The van der Waals surface area contributed by atoms with Gasteiger partial charge in [-0.3, -0.25) is 29.6 Å². The first-order chi connectivity index (χ1) is 10.6. The van der Waals surface area contributed by atoms with Gasteiger partial charge >= 0.3 is 0 Å². The van der Waals surface area contributed by atoms with Crippen LogP contribution in [0.5, 0.6) is 0 Å². The van der Waals surface area contributed by atoms with Gasteiger partial charge in [0.2, 0.25) is 10.9 Å². The minimum atomic E-state index is -0.920. The van der Waals surface area contributed by atoms with Crippen LogP contribution in [0.1, 0.15) is 10.5 Å². The van der Waals surface area contributed by atoms with Crippen LogP contribution in [0.4, 0.5) is 0 Å². The average molecular weight is 316 g/mol. The molecule has 9 nitrogen and oxygen atoms in total. The summed E-state index contributed by atoms with van der Waals surface area (Å²) in [5.41, 5.74) is -0.137. The number of nitrogens with zero attached hydrogens (tertiary/aromatic N) is 2. The van der Waals surface area contributed by atoms with Crippen molar-refractivity contribution >= 4 is 16.7 Å². The molecule has 23 heavy (non-hydrogen) atoms. The second-order valence-electron chi connectivity index (χ2n) is 4.10. The summed E-state index contributed by atoms with van der Waals surface area (Å²) in [6, 6.07) is 6.23. The Morgan fingerprint density at radius 3 is 1.96 bits per heavy atom. The number of hydrazine groups is 1. The van der Waals surface area contributed by atoms with Crippen LogP contribution in [0.2, 0.25) is 0 Å². The third-order valence-electron chi connectivity index (χ3n) is 2.76. The third-order valence-corrected chi connectivity index (χ3v) is 2.76. The number of hydrogen-bond donors (Lipinski definition) is 2. The molecule has 0 radical (unpaired) electrons. The minimum Gasteiger partial charge on any atom is -0.412 e. The van der Waals surface area contributed by atoms with Gasteiger partial charge < -0.3 is 5.48 Å². The Hall–Kier alpha value is -3.30. The fourth-order valence-corrected chi connectivity index (χ4v) is 1.72. The average Bonchev–Trinajstić information content (AvgIpc) is 2.80. The number of nitrogens with two attached hydrogens (primary N) is 1. The van der Waals surface area contributed by atoms with Gasteiger partial charge in [-0.1, -0.05) is 24.3 Å². The van der Waals surface area contributed by atoms with Crippen molar-refractivity contribution in [2.24, 2.45) is 5.84 Å². The van der Waals surface area contributed by atoms with E-state index >= 15 is 0 Å². The quantitative estimate of drug-likeness (QED) is 0.228. The molecule has 0 unspecified atom stereocenters. The Morgan fingerprint density at radius 2 is 1.52 bits per heavy atom. The van der Waals surface area contributed by atoms with E-state index in [4.69, 9.17) is 5.84 Å². The van der Waals surface area contributed by atoms with Crippen molar-refractivity contribution in [2.45, 2.75) is 0 Å². The maximum absolute atomic E-state index is 11.0. The summed E-state index contributed by atoms with van der Waals surface area (Å²) in [6.45, 7) is 0. The summed E-state index contributed by atoms with van der Waals surface area (Å²) in [7, 11) is 0. The van der Waals surface area contributed by atoms with Crippen LogP contribution < -0.4 is 27.6 Å². The number of benzene rings is 1. The van der Waals surface area contributed by atoms with Gasteiger partial charge in [-0.25, -0.2) is 10.8 Å². The van der Waals surface area contributed by atoms with E-state index in [-0.39, 0.29) is 21.9 Å². The number of hydrogen-bond acceptors (Lipinski definition) is 7. The Labute approximate surface area is 128 Å². The van der Waals surface area contributed by atoms with Crippen molar-refractivity contribution in [2.75, 3.05) is 0 Å². The molecule has 0 aliphatic carbocycles. The zero-order chi connectivity index (χ0) is 16.1. The lowest BCUT2D eigenvalue weighted by Gasteiger charge is -1.94. The fraction of sp³-hybridized carbons (Fsp3) is 0. The van der Waals surface area contributed by atoms with E-state index in [0.717, 1.165) is 0 Å². The molecule has 1 aromatic heterocycles. The lowest BCUT2D eigenvalue weighted by Crippen LogP contribution is -2.30. The summed E-state index contributed by atoms with van der Waals surface area (Å²) in [4.78, 5) is 51.0. The number of nitrogen functional groups attached to an aromatic ring is 1. The molecule has 0 saturated carbocycles. The molecule has 0 aliphatic heterocycles. The molecule has 3 aromatic rings. The molecule has 0 spiro atoms. The van der Waals surface area contributed by atoms with Crippen molar-refractivity contribution in [1.82, 2.24) is 15.4 Å². The second kappa shape index (κ2) is 7.64. The van der Waals surface area contributed by atoms with Crippen LogP contribution in [0.25, 0.3) is 10.8 Å². The molecule has 3 rings (SSSR count). The van der Waals surface area contributed by atoms with Gasteiger partial charge in [0.15, 0.2) is 0 Å². The highest BCUT2D eigenvalue weighted by Crippen LogP contribution is 2.01. The van der Waals surface area contributed by atoms with Crippen LogP contribution in [-0.2, 0) is 0 Å². The maximum Gasteiger partial charge on any atom is 0.285 e. The standard InChI is InChI=1S/C9H4O3.C5H6N4O.H2O/c10-7-5-3-1-2-4-6(5)8(11)9(7)12;6-9-5(10)4-3-7-1-2-8-4;/h1-4H;1-3H,6H2,(H,9,10);1H2. The molecule has 0 fully saturated rings. The molecule has 9 heteroatoms. The summed E-state index contributed by atoms with van der Waals surface area (Å²) >= 11 is 0. The van der Waals surface area contributed by atoms with E-state index in [2.05, 4.69) is 9.97 Å². The highest BCUT2D eigenvalue weighted by atomic mass is 16.2. The zero-order valence-corrected chi connectivity index (χ0v) is 11.6. The molecule has 0 saturated heterocycles. The first-order valence-electron chi connectivity index (χ1n) is 6.05. The van der Waals surface area contributed by atoms with Crippen molar-refractivity contribution in [1.29, 1.82) is 0 Å². The van der Waals surface area contributed by atoms with Crippen LogP contribution in [-0.4, -0.2) is 21.4 Å². The smallest absolute Gasteiger partial charge is 0.285 e. The Kier molecular flexibility index (Phi) is 5.89. The van der Waals surface area contributed by atoms with Gasteiger partial charge in [-0.2, -0.15) is 0 Å². The van der Waals surface area contributed by atoms with Gasteiger partial charge in [0.25, 0.3) is 11.3 Å². The number of aromatic nitrogens is 2. The largest absolute Gasteiger partial charge is 0.412 e. The number of nitrogens with one attached hydrogen (secondary N) is 1. The summed E-state index contributed by atoms with van der Waals surface area (Å²) < 4.78 is 0. The van der Waals surface area contributed by atoms with Gasteiger partial charge in [0.05, 0.1) is 6.20 Å². The number of fused-ring (bicyclic) bond motifs is 1. The van der Waals surface area contributed by atoms with Gasteiger partial charge in [0, 0.05) is 23.2 Å². The molecule has 0 aliphatic rings. The topological polar surface area (TPSA) is 164 Å². The summed E-state index contributed by atoms with van der Waals surface area (Å²) in [5.74, 6) is 4.40. The minimum absolute atomic E-state index is 0. The molecule has 1 amide bonds. The van der Waals surface area contributed by atoms with E-state index in [1.807, 2.05) is 5.43 Å². The molecule has 118 valence electrons. The van der Waals surface area contributed by atoms with E-state index in [0.29, 0.717) is 0 Å². The molecule has 5 N–H and O–H groups in total. The van der Waals surface area contributed by atoms with E-state index < -0.39 is 22.2 Å². The predicted octanol–water partition coefficient (Wildman–Crippen LogP) is -1.95. The highest BCUT2D eigenvalue weighted by Gasteiger charge is 2.09. The van der Waals surface area contributed by atoms with Crippen molar-refractivity contribution < 1.29 is 10.3 Å². The summed E-state index contributed by atoms with van der Waals surface area (Å²) in [5, 5.41) is 0.458. The molecule has 0 atom stereocenters. The van der Waals surface area contributed by atoms with E-state index in [1.54, 1.807) is 12.1 Å².